The fourth-order valence-electron chi connectivity index (χ4n) is 3.88. The number of piperazine rings is 1. The van der Waals surface area contributed by atoms with E-state index in [1.54, 1.807) is 33.7 Å². The lowest BCUT2D eigenvalue weighted by Crippen LogP contribution is -2.50. The molecule has 0 spiro atoms. The lowest BCUT2D eigenvalue weighted by molar-refractivity contribution is 0.0698. The summed E-state index contributed by atoms with van der Waals surface area (Å²) in [5.74, 6) is -0.0794. The van der Waals surface area contributed by atoms with Crippen LogP contribution in [0, 0.1) is 6.92 Å². The second-order valence-electron chi connectivity index (χ2n) is 7.71. The zero-order valence-electron chi connectivity index (χ0n) is 17.6. The van der Waals surface area contributed by atoms with Crippen LogP contribution in [0.25, 0.3) is 10.2 Å². The fraction of sp³-hybridized carbons (Fsp3) is 0.364. The molecular weight excluding hydrogens is 434 g/mol. The molecule has 0 saturated carbocycles. The smallest absolute Gasteiger partial charge is 0.308 e. The Morgan fingerprint density at radius 3 is 2.48 bits per heavy atom. The van der Waals surface area contributed by atoms with Crippen LogP contribution in [-0.4, -0.2) is 54.3 Å². The van der Waals surface area contributed by atoms with Gasteiger partial charge in [0.15, 0.2) is 0 Å². The summed E-state index contributed by atoms with van der Waals surface area (Å²) in [5, 5.41) is 0. The Morgan fingerprint density at radius 1 is 1.06 bits per heavy atom. The molecule has 1 saturated heterocycles. The molecule has 9 heteroatoms. The molecule has 0 aliphatic carbocycles. The maximum absolute atomic E-state index is 13.2. The first-order valence-corrected chi connectivity index (χ1v) is 12.6. The summed E-state index contributed by atoms with van der Waals surface area (Å²) < 4.78 is 30.1. The number of hydrogen-bond donors (Lipinski definition) is 0. The first kappa shape index (κ1) is 21.7. The van der Waals surface area contributed by atoms with Gasteiger partial charge in [-0.3, -0.25) is 14.2 Å². The van der Waals surface area contributed by atoms with Gasteiger partial charge in [0, 0.05) is 38.3 Å². The van der Waals surface area contributed by atoms with Crippen molar-refractivity contribution in [1.82, 2.24) is 13.8 Å². The fourth-order valence-corrected chi connectivity index (χ4v) is 6.36. The van der Waals surface area contributed by atoms with E-state index in [0.29, 0.717) is 29.9 Å². The van der Waals surface area contributed by atoms with E-state index in [4.69, 9.17) is 0 Å². The van der Waals surface area contributed by atoms with E-state index in [1.807, 2.05) is 32.0 Å². The van der Waals surface area contributed by atoms with Crippen molar-refractivity contribution in [2.75, 3.05) is 26.2 Å². The molecule has 2 aromatic carbocycles. The number of aryl methyl sites for hydroxylation is 2. The SMILES string of the molecule is CCCn1c(=O)sc2cc(S(=O)(=O)N3CCN(C(=O)c4cccc(C)c4)CC3)ccc21. The third-order valence-electron chi connectivity index (χ3n) is 5.52. The number of hydrogen-bond acceptors (Lipinski definition) is 5. The summed E-state index contributed by atoms with van der Waals surface area (Å²) in [7, 11) is -3.70. The first-order chi connectivity index (χ1) is 14.8. The highest BCUT2D eigenvalue weighted by Gasteiger charge is 2.31. The predicted molar refractivity (Wildman–Crippen MR) is 122 cm³/mol. The molecule has 1 amide bonds. The van der Waals surface area contributed by atoms with E-state index in [-0.39, 0.29) is 28.8 Å². The lowest BCUT2D eigenvalue weighted by atomic mass is 10.1. The van der Waals surface area contributed by atoms with Crippen molar-refractivity contribution in [2.24, 2.45) is 0 Å². The Labute approximate surface area is 185 Å². The summed E-state index contributed by atoms with van der Waals surface area (Å²) in [5.41, 5.74) is 2.40. The van der Waals surface area contributed by atoms with E-state index in [9.17, 15) is 18.0 Å². The molecule has 1 aliphatic heterocycles. The van der Waals surface area contributed by atoms with Gasteiger partial charge in [-0.2, -0.15) is 4.31 Å². The van der Waals surface area contributed by atoms with Crippen LogP contribution >= 0.6 is 11.3 Å². The van der Waals surface area contributed by atoms with Crippen LogP contribution in [0.1, 0.15) is 29.3 Å². The third-order valence-corrected chi connectivity index (χ3v) is 8.35. The largest absolute Gasteiger partial charge is 0.336 e. The maximum Gasteiger partial charge on any atom is 0.308 e. The average molecular weight is 460 g/mol. The summed E-state index contributed by atoms with van der Waals surface area (Å²) in [6.07, 6.45) is 0.831. The molecule has 164 valence electrons. The maximum atomic E-state index is 13.2. The molecule has 1 aliphatic rings. The number of rotatable bonds is 5. The predicted octanol–water partition coefficient (Wildman–Crippen LogP) is 2.93. The van der Waals surface area contributed by atoms with Crippen LogP contribution in [0.5, 0.6) is 0 Å². The minimum Gasteiger partial charge on any atom is -0.336 e. The minimum absolute atomic E-state index is 0.0744. The van der Waals surface area contributed by atoms with Gasteiger partial charge in [-0.25, -0.2) is 8.42 Å². The second-order valence-corrected chi connectivity index (χ2v) is 10.6. The van der Waals surface area contributed by atoms with Crippen LogP contribution in [0.2, 0.25) is 0 Å². The van der Waals surface area contributed by atoms with Gasteiger partial charge in [0.1, 0.15) is 0 Å². The van der Waals surface area contributed by atoms with Crippen molar-refractivity contribution >= 4 is 37.5 Å². The Hall–Kier alpha value is -2.49. The third kappa shape index (κ3) is 4.17. The molecule has 1 aromatic heterocycles. The van der Waals surface area contributed by atoms with Crippen molar-refractivity contribution < 1.29 is 13.2 Å². The van der Waals surface area contributed by atoms with Gasteiger partial charge < -0.3 is 4.90 Å². The molecule has 0 unspecified atom stereocenters. The van der Waals surface area contributed by atoms with Crippen molar-refractivity contribution in [3.05, 3.63) is 63.3 Å². The van der Waals surface area contributed by atoms with E-state index in [2.05, 4.69) is 0 Å². The Bertz CT molecular complexity index is 1290. The first-order valence-electron chi connectivity index (χ1n) is 10.3. The van der Waals surface area contributed by atoms with Gasteiger partial charge in [-0.1, -0.05) is 36.0 Å². The molecule has 7 nitrogen and oxygen atoms in total. The molecule has 0 radical (unpaired) electrons. The van der Waals surface area contributed by atoms with E-state index < -0.39 is 10.0 Å². The molecule has 0 N–H and O–H groups in total. The molecule has 31 heavy (non-hydrogen) atoms. The van der Waals surface area contributed by atoms with Crippen LogP contribution in [0.15, 0.2) is 52.2 Å². The lowest BCUT2D eigenvalue weighted by Gasteiger charge is -2.34. The summed E-state index contributed by atoms with van der Waals surface area (Å²) in [6, 6.07) is 12.3. The normalized spacial score (nSPS) is 15.5. The molecule has 0 atom stereocenters. The number of thiazole rings is 1. The number of amides is 1. The van der Waals surface area contributed by atoms with Crippen LogP contribution in [-0.2, 0) is 16.6 Å². The van der Waals surface area contributed by atoms with Crippen molar-refractivity contribution in [2.45, 2.75) is 31.7 Å². The van der Waals surface area contributed by atoms with Crippen LogP contribution < -0.4 is 4.87 Å². The molecule has 4 rings (SSSR count). The number of carbonyl (C=O) groups is 1. The van der Waals surface area contributed by atoms with Crippen molar-refractivity contribution in [3.8, 4) is 0 Å². The average Bonchev–Trinajstić information content (AvgIpc) is 3.08. The molecular formula is C22H25N3O4S2. The molecule has 0 bridgehead atoms. The number of benzene rings is 2. The summed E-state index contributed by atoms with van der Waals surface area (Å²) >= 11 is 1.07. The van der Waals surface area contributed by atoms with Crippen LogP contribution in [0.4, 0.5) is 0 Å². The number of nitrogens with zero attached hydrogens (tertiary/aromatic N) is 3. The number of fused-ring (bicyclic) bond motifs is 1. The van der Waals surface area contributed by atoms with Gasteiger partial charge in [0.25, 0.3) is 5.91 Å². The van der Waals surface area contributed by atoms with Gasteiger partial charge >= 0.3 is 4.87 Å². The topological polar surface area (TPSA) is 79.7 Å². The quantitative estimate of drug-likeness (QED) is 0.588. The molecule has 1 fully saturated rings. The minimum atomic E-state index is -3.70. The van der Waals surface area contributed by atoms with E-state index in [0.717, 1.165) is 28.8 Å². The number of sulfonamides is 1. The van der Waals surface area contributed by atoms with Crippen LogP contribution in [0.3, 0.4) is 0 Å². The highest BCUT2D eigenvalue weighted by Crippen LogP contribution is 2.25. The molecule has 2 heterocycles. The number of carbonyl (C=O) groups excluding carboxylic acids is 1. The Kier molecular flexibility index (Phi) is 6.00. The monoisotopic (exact) mass is 459 g/mol. The summed E-state index contributed by atoms with van der Waals surface area (Å²) in [4.78, 5) is 26.8. The molecule has 3 aromatic rings. The second kappa shape index (κ2) is 8.57. The zero-order valence-corrected chi connectivity index (χ0v) is 19.2. The van der Waals surface area contributed by atoms with Crippen molar-refractivity contribution in [1.29, 1.82) is 0 Å². The van der Waals surface area contributed by atoms with Gasteiger partial charge in [-0.15, -0.1) is 0 Å². The Balaban J connectivity index is 1.51. The highest BCUT2D eigenvalue weighted by molar-refractivity contribution is 7.89. The Morgan fingerprint density at radius 2 is 1.81 bits per heavy atom. The van der Waals surface area contributed by atoms with E-state index >= 15 is 0 Å². The van der Waals surface area contributed by atoms with Gasteiger partial charge in [0.2, 0.25) is 10.0 Å². The number of aromatic nitrogens is 1. The zero-order chi connectivity index (χ0) is 22.2. The highest BCUT2D eigenvalue weighted by atomic mass is 32.2. The van der Waals surface area contributed by atoms with E-state index in [1.165, 1.54) is 4.31 Å². The van der Waals surface area contributed by atoms with Gasteiger partial charge in [0.05, 0.1) is 15.1 Å². The van der Waals surface area contributed by atoms with Gasteiger partial charge in [-0.05, 0) is 43.7 Å². The summed E-state index contributed by atoms with van der Waals surface area (Å²) in [6.45, 7) is 5.71. The van der Waals surface area contributed by atoms with Crippen molar-refractivity contribution in [3.63, 3.8) is 0 Å². The standard InChI is InChI=1S/C22H25N3O4S2/c1-3-9-25-19-8-7-18(15-20(19)30-22(25)27)31(28,29)24-12-10-23(11-13-24)21(26)17-6-4-5-16(2)14-17/h4-8,14-15H,3,9-13H2,1-2H3.